The Balaban J connectivity index is 1.13. The average molecular weight is 1560 g/mol. The number of hydrogen-bond donors (Lipinski definition) is 2. The molecule has 2 aromatic rings. The first-order valence-corrected chi connectivity index (χ1v) is 38.7. The van der Waals surface area contributed by atoms with Crippen LogP contribution < -0.4 is 10.6 Å². The second-order valence-corrected chi connectivity index (χ2v) is 31.0. The predicted octanol–water partition coefficient (Wildman–Crippen LogP) is 7.28. The van der Waals surface area contributed by atoms with E-state index in [-0.39, 0.29) is 82.1 Å². The third kappa shape index (κ3) is 18.7. The Morgan fingerprint density at radius 1 is 0.573 bits per heavy atom. The lowest BCUT2D eigenvalue weighted by Crippen LogP contribution is -2.68. The molecule has 6 fully saturated rings. The molecule has 2 aliphatic carbocycles. The number of fused-ring (bicyclic) bond motifs is 4. The van der Waals surface area contributed by atoms with E-state index in [0.717, 1.165) is 50.3 Å². The summed E-state index contributed by atoms with van der Waals surface area (Å²) in [4.78, 5) is 196. The van der Waals surface area contributed by atoms with Crippen LogP contribution in [0.25, 0.3) is 0 Å². The summed E-state index contributed by atoms with van der Waals surface area (Å²) in [7, 11) is 8.19. The van der Waals surface area contributed by atoms with Crippen molar-refractivity contribution in [1.29, 1.82) is 0 Å². The maximum Gasteiger partial charge on any atom is 0.422 e. The fourth-order valence-corrected chi connectivity index (χ4v) is 17.0. The minimum Gasteiger partial charge on any atom is -0.343 e. The van der Waals surface area contributed by atoms with Gasteiger partial charge >= 0.3 is 12.4 Å². The Bertz CT molecular complexity index is 3750. The zero-order valence-electron chi connectivity index (χ0n) is 64.4. The van der Waals surface area contributed by atoms with Crippen LogP contribution in [0.2, 0.25) is 0 Å². The molecular weight excluding hydrogens is 1450 g/mol. The topological polar surface area (TPSA) is 261 Å². The Morgan fingerprint density at radius 2 is 1.18 bits per heavy atom. The zero-order chi connectivity index (χ0) is 80.6. The van der Waals surface area contributed by atoms with Gasteiger partial charge in [-0.2, -0.15) is 26.3 Å². The fourth-order valence-electron chi connectivity index (χ4n) is 17.0. The zero-order valence-corrected chi connectivity index (χ0v) is 64.4. The molecule has 110 heavy (non-hydrogen) atoms. The second-order valence-electron chi connectivity index (χ2n) is 31.0. The van der Waals surface area contributed by atoms with Crippen LogP contribution in [-0.4, -0.2) is 261 Å². The molecule has 2 N–H and O–H groups in total. The molecule has 0 aromatic heterocycles. The Labute approximate surface area is 637 Å². The van der Waals surface area contributed by atoms with Crippen molar-refractivity contribution >= 4 is 70.9 Å². The number of likely N-dealkylation sites (tertiary alicyclic amines) is 1. The molecule has 2 saturated carbocycles. The molecule has 2 bridgehead atoms. The van der Waals surface area contributed by atoms with Crippen molar-refractivity contribution in [3.05, 3.63) is 82.4 Å². The van der Waals surface area contributed by atoms with E-state index in [1.54, 1.807) is 37.8 Å². The number of nitrogens with zero attached hydrogens (tertiary/aromatic N) is 10. The Morgan fingerprint density at radius 3 is 1.75 bits per heavy atom. The van der Waals surface area contributed by atoms with E-state index in [0.29, 0.717) is 89.4 Å². The van der Waals surface area contributed by atoms with Crippen molar-refractivity contribution < 1.29 is 92.7 Å². The first-order chi connectivity index (χ1) is 52.0. The van der Waals surface area contributed by atoms with Crippen molar-refractivity contribution in [1.82, 2.24) is 59.6 Å². The van der Waals surface area contributed by atoms with E-state index in [2.05, 4.69) is 10.6 Å². The van der Waals surface area contributed by atoms with Crippen LogP contribution in [0.15, 0.2) is 48.6 Å². The molecular formula is C78H106F8N12O12. The number of amides is 12. The largest absolute Gasteiger partial charge is 0.422 e. The van der Waals surface area contributed by atoms with Crippen LogP contribution in [0, 0.1) is 23.5 Å². The molecule has 24 nitrogen and oxygen atoms in total. The first-order valence-electron chi connectivity index (χ1n) is 38.7. The van der Waals surface area contributed by atoms with E-state index in [9.17, 15) is 31.1 Å². The van der Waals surface area contributed by atoms with Gasteiger partial charge in [0, 0.05) is 81.4 Å². The minimum absolute atomic E-state index is 0.00780. The third-order valence-electron chi connectivity index (χ3n) is 24.0. The summed E-state index contributed by atoms with van der Waals surface area (Å²) in [5.74, 6) is -14.0. The number of aryl methyl sites for hydroxylation is 1. The van der Waals surface area contributed by atoms with Gasteiger partial charge in [-0.05, 0) is 156 Å². The lowest BCUT2D eigenvalue weighted by Gasteiger charge is -2.51. The Kier molecular flexibility index (Phi) is 28.0. The molecule has 606 valence electrons. The van der Waals surface area contributed by atoms with Crippen LogP contribution in [-0.2, 0) is 82.7 Å². The van der Waals surface area contributed by atoms with Crippen molar-refractivity contribution in [2.45, 2.75) is 241 Å². The summed E-state index contributed by atoms with van der Waals surface area (Å²) in [5.41, 5.74) is -5.06. The van der Waals surface area contributed by atoms with E-state index in [1.807, 2.05) is 0 Å². The molecule has 0 unspecified atom stereocenters. The number of benzene rings is 2. The van der Waals surface area contributed by atoms with E-state index < -0.39 is 210 Å². The molecule has 10 atom stereocenters. The van der Waals surface area contributed by atoms with Crippen molar-refractivity contribution in [2.24, 2.45) is 11.8 Å². The Hall–Kier alpha value is -8.74. The lowest BCUT2D eigenvalue weighted by molar-refractivity contribution is -0.166. The fraction of sp³-hybridized carbons (Fsp3) is 0.667. The molecule has 1 spiro atoms. The molecule has 0 radical (unpaired) electrons. The molecule has 9 rings (SSSR count). The van der Waals surface area contributed by atoms with Gasteiger partial charge in [0.2, 0.25) is 70.9 Å². The molecule has 5 heterocycles. The van der Waals surface area contributed by atoms with Crippen LogP contribution in [0.5, 0.6) is 0 Å². The van der Waals surface area contributed by atoms with Crippen LogP contribution in [0.3, 0.4) is 0 Å². The normalized spacial score (nSPS) is 27.2. The number of piperidine rings is 1. The number of likely N-dealkylation sites (N-methyl/N-ethyl adjacent to an activating group) is 6. The average Bonchev–Trinajstić information content (AvgIpc) is 0.952. The van der Waals surface area contributed by atoms with Gasteiger partial charge in [0.1, 0.15) is 77.1 Å². The molecule has 4 saturated heterocycles. The monoisotopic (exact) mass is 1550 g/mol. The molecule has 32 heteroatoms. The van der Waals surface area contributed by atoms with Crippen LogP contribution >= 0.6 is 0 Å². The number of hydrogen-bond acceptors (Lipinski definition) is 12. The predicted molar refractivity (Wildman–Crippen MR) is 387 cm³/mol. The molecule has 7 aliphatic rings. The number of nitrogens with one attached hydrogen (secondary N) is 2. The standard InChI is InChI=1S/C78H106F8N12O12/c1-10-23-55-66(101)88-64(47(3)11-2)73(108)97-41-20-27-57(97)69(104)91(6)56-26-14-12-19-39-98(72(56)107)60(44-48-29-32-51(33-30-48)77(81,82)83)68(103)89(4)46-61(99)87-54(34-31-49-42-52(79)63(53(80)43-49)78(84,85)86)67(102)96-40-21-28-58(96)70(105)94(9)76(35-22-36-76)75(110)93(8)65(50-24-15-16-25-50)74(109)92(7)59(45-62(100)90(55)5)71(106)95-37-17-13-18-38-95/h12,14,29-30,32-33,42-43,47,50,54-60,64-65H,10-11,13,15-28,31,34-41,44-46H2,1-9H3,(H,87,99)(H,88,101)/b14-12-/t47-,54-,55-,56-,57-,58-,59-,60-,64-,65-/m0/s1. The van der Waals surface area contributed by atoms with Gasteiger partial charge in [-0.1, -0.05) is 70.7 Å². The van der Waals surface area contributed by atoms with Crippen LogP contribution in [0.4, 0.5) is 35.1 Å². The summed E-state index contributed by atoms with van der Waals surface area (Å²) in [6.45, 7) is 4.78. The van der Waals surface area contributed by atoms with Crippen molar-refractivity contribution in [3.63, 3.8) is 0 Å². The number of carbonyl (C=O) groups excluding carboxylic acids is 12. The van der Waals surface area contributed by atoms with Gasteiger partial charge in [-0.25, -0.2) is 8.78 Å². The first kappa shape index (κ1) is 85.3. The van der Waals surface area contributed by atoms with Gasteiger partial charge in [0.15, 0.2) is 0 Å². The van der Waals surface area contributed by atoms with Gasteiger partial charge in [-0.3, -0.25) is 57.5 Å². The summed E-state index contributed by atoms with van der Waals surface area (Å²) >= 11 is 0. The molecule has 5 aliphatic heterocycles. The van der Waals surface area contributed by atoms with Crippen LogP contribution in [0.1, 0.15) is 178 Å². The number of rotatable bonds is 11. The van der Waals surface area contributed by atoms with Crippen molar-refractivity contribution in [3.8, 4) is 0 Å². The minimum atomic E-state index is -5.44. The highest BCUT2D eigenvalue weighted by molar-refractivity contribution is 6.01. The quantitative estimate of drug-likeness (QED) is 0.166. The molecule has 2 aromatic carbocycles. The van der Waals surface area contributed by atoms with Crippen molar-refractivity contribution in [2.75, 3.05) is 81.6 Å². The van der Waals surface area contributed by atoms with E-state index in [1.165, 1.54) is 66.8 Å². The third-order valence-corrected chi connectivity index (χ3v) is 24.0. The maximum atomic E-state index is 15.8. The van der Waals surface area contributed by atoms with Gasteiger partial charge in [0.05, 0.1) is 18.5 Å². The lowest BCUT2D eigenvalue weighted by atomic mass is 9.73. The second kappa shape index (κ2) is 36.2. The highest BCUT2D eigenvalue weighted by Crippen LogP contribution is 2.43. The maximum absolute atomic E-state index is 15.8. The summed E-state index contributed by atoms with van der Waals surface area (Å²) in [6.07, 6.45) is -2.52. The smallest absolute Gasteiger partial charge is 0.343 e. The number of alkyl halides is 6. The highest BCUT2D eigenvalue weighted by atomic mass is 19.4. The SMILES string of the molecule is CCC[C@H]1C(=O)N[C@@H]([C@@H](C)CC)C(=O)N2CCC[C@H]2C(=O)N(C)[C@H]2C/C=C\CCN(C2=O)[C@@H](Cc2ccc(C(F)(F)F)cc2)C(=O)N(C)CC(=O)N[C@@H](CCc2cc(F)c(C(F)(F)F)c(F)c2)C(=O)N2CCC[C@H]2C(=O)N(C)C2(CCC2)C(=O)N(C)[C@@H](C2CCCC2)C(=O)N(C)[C@H](C(=O)N2CCCCC2)CC(=O)N1C. The number of carbonyl (C=O) groups is 12. The van der Waals surface area contributed by atoms with E-state index in [4.69, 9.17) is 0 Å². The van der Waals surface area contributed by atoms with E-state index >= 15 is 61.5 Å². The number of halogens is 8. The summed E-state index contributed by atoms with van der Waals surface area (Å²) < 4.78 is 114. The summed E-state index contributed by atoms with van der Waals surface area (Å²) in [5, 5.41) is 5.51. The van der Waals surface area contributed by atoms with Gasteiger partial charge < -0.3 is 59.6 Å². The summed E-state index contributed by atoms with van der Waals surface area (Å²) in [6, 6.07) is -7.89. The van der Waals surface area contributed by atoms with Gasteiger partial charge in [0.25, 0.3) is 0 Å². The van der Waals surface area contributed by atoms with Gasteiger partial charge in [-0.15, -0.1) is 0 Å². The molecule has 12 amide bonds. The highest BCUT2D eigenvalue weighted by Gasteiger charge is 2.56.